The summed E-state index contributed by atoms with van der Waals surface area (Å²) in [7, 11) is 1.72. The molecule has 5 nitrogen and oxygen atoms in total. The molecule has 0 spiro atoms. The molecule has 0 saturated heterocycles. The summed E-state index contributed by atoms with van der Waals surface area (Å²) in [5.74, 6) is 6.91. The zero-order chi connectivity index (χ0) is 18.0. The minimum absolute atomic E-state index is 0.0529. The summed E-state index contributed by atoms with van der Waals surface area (Å²) < 4.78 is 1.75. The van der Waals surface area contributed by atoms with Crippen molar-refractivity contribution in [3.8, 4) is 11.8 Å². The van der Waals surface area contributed by atoms with Crippen molar-refractivity contribution in [2.75, 3.05) is 7.05 Å². The average Bonchev–Trinajstić information content (AvgIpc) is 2.89. The molecule has 0 N–H and O–H groups in total. The number of aromatic nitrogens is 3. The lowest BCUT2D eigenvalue weighted by Gasteiger charge is -2.13. The Bertz CT molecular complexity index is 1000. The molecule has 0 saturated carbocycles. The number of rotatable bonds is 2. The fourth-order valence-electron chi connectivity index (χ4n) is 2.96. The van der Waals surface area contributed by atoms with Crippen molar-refractivity contribution in [2.45, 2.75) is 40.2 Å². The maximum atomic E-state index is 12.6. The van der Waals surface area contributed by atoms with Crippen LogP contribution in [0.25, 0.3) is 11.0 Å². The van der Waals surface area contributed by atoms with Gasteiger partial charge in [-0.2, -0.15) is 0 Å². The van der Waals surface area contributed by atoms with Crippen LogP contribution in [0, 0.1) is 17.3 Å². The van der Waals surface area contributed by atoms with E-state index in [1.807, 2.05) is 18.2 Å². The van der Waals surface area contributed by atoms with Crippen LogP contribution in [0.2, 0.25) is 0 Å². The van der Waals surface area contributed by atoms with Crippen molar-refractivity contribution in [1.29, 1.82) is 0 Å². The molecule has 25 heavy (non-hydrogen) atoms. The van der Waals surface area contributed by atoms with E-state index in [2.05, 4.69) is 47.6 Å². The van der Waals surface area contributed by atoms with Gasteiger partial charge in [0, 0.05) is 31.8 Å². The summed E-state index contributed by atoms with van der Waals surface area (Å²) in [4.78, 5) is 25.8. The van der Waals surface area contributed by atoms with E-state index in [9.17, 15) is 4.79 Å². The predicted octanol–water partition coefficient (Wildman–Crippen LogP) is 2.76. The molecule has 2 aromatic rings. The molecular formula is C20H22N4O. The zero-order valence-corrected chi connectivity index (χ0v) is 15.1. The quantitative estimate of drug-likeness (QED) is 0.627. The fourth-order valence-corrected chi connectivity index (χ4v) is 2.96. The first-order valence-electron chi connectivity index (χ1n) is 8.48. The van der Waals surface area contributed by atoms with Crippen LogP contribution in [0.5, 0.6) is 0 Å². The Kier molecular flexibility index (Phi) is 4.54. The third kappa shape index (κ3) is 3.53. The molecule has 128 valence electrons. The molecule has 0 amide bonds. The smallest absolute Gasteiger partial charge is 0.280 e. The SMILES string of the molecule is CC/C=C\C(C#Cc1cnc2c(=O)n3c(nc2c1)CC(C)(C)C3)=NC. The van der Waals surface area contributed by atoms with Crippen LogP contribution in [0.3, 0.4) is 0 Å². The van der Waals surface area contributed by atoms with E-state index in [4.69, 9.17) is 0 Å². The van der Waals surface area contributed by atoms with Gasteiger partial charge in [-0.05, 0) is 29.9 Å². The largest absolute Gasteiger partial charge is 0.294 e. The van der Waals surface area contributed by atoms with Crippen molar-refractivity contribution < 1.29 is 0 Å². The third-order valence-corrected chi connectivity index (χ3v) is 4.19. The first-order valence-corrected chi connectivity index (χ1v) is 8.48. The average molecular weight is 334 g/mol. The molecular weight excluding hydrogens is 312 g/mol. The second kappa shape index (κ2) is 6.64. The van der Waals surface area contributed by atoms with Crippen molar-refractivity contribution in [3.63, 3.8) is 0 Å². The topological polar surface area (TPSA) is 60.1 Å². The van der Waals surface area contributed by atoms with Gasteiger partial charge < -0.3 is 0 Å². The number of hydrogen-bond donors (Lipinski definition) is 0. The van der Waals surface area contributed by atoms with Crippen LogP contribution in [-0.2, 0) is 13.0 Å². The summed E-state index contributed by atoms with van der Waals surface area (Å²) in [6.07, 6.45) is 7.28. The van der Waals surface area contributed by atoms with Gasteiger partial charge >= 0.3 is 0 Å². The Morgan fingerprint density at radius 3 is 3.00 bits per heavy atom. The van der Waals surface area contributed by atoms with Crippen molar-refractivity contribution in [1.82, 2.24) is 14.5 Å². The number of pyridine rings is 1. The molecule has 0 unspecified atom stereocenters. The van der Waals surface area contributed by atoms with Gasteiger partial charge in [0.15, 0.2) is 5.52 Å². The van der Waals surface area contributed by atoms with Crippen molar-refractivity contribution >= 4 is 16.7 Å². The van der Waals surface area contributed by atoms with E-state index in [0.29, 0.717) is 23.3 Å². The molecule has 3 rings (SSSR count). The van der Waals surface area contributed by atoms with E-state index in [1.165, 1.54) is 0 Å². The predicted molar refractivity (Wildman–Crippen MR) is 101 cm³/mol. The second-order valence-corrected chi connectivity index (χ2v) is 7.02. The molecule has 2 aromatic heterocycles. The van der Waals surface area contributed by atoms with E-state index in [0.717, 1.165) is 24.2 Å². The second-order valence-electron chi connectivity index (χ2n) is 7.02. The highest BCUT2D eigenvalue weighted by molar-refractivity contribution is 6.09. The molecule has 0 aromatic carbocycles. The lowest BCUT2D eigenvalue weighted by atomic mass is 9.92. The van der Waals surface area contributed by atoms with Gasteiger partial charge in [-0.15, -0.1) is 0 Å². The monoisotopic (exact) mass is 334 g/mol. The number of nitrogens with zero attached hydrogens (tertiary/aromatic N) is 4. The van der Waals surface area contributed by atoms with Crippen LogP contribution in [0.15, 0.2) is 34.2 Å². The third-order valence-electron chi connectivity index (χ3n) is 4.19. The highest BCUT2D eigenvalue weighted by Gasteiger charge is 2.31. The fraction of sp³-hybridized carbons (Fsp3) is 0.400. The maximum absolute atomic E-state index is 12.6. The van der Waals surface area contributed by atoms with Gasteiger partial charge in [-0.25, -0.2) is 9.97 Å². The molecule has 5 heteroatoms. The van der Waals surface area contributed by atoms with Crippen LogP contribution < -0.4 is 5.56 Å². The normalized spacial score (nSPS) is 16.1. The molecule has 0 bridgehead atoms. The summed E-state index contributed by atoms with van der Waals surface area (Å²) in [6.45, 7) is 7.04. The van der Waals surface area contributed by atoms with Gasteiger partial charge in [0.1, 0.15) is 11.5 Å². The number of aliphatic imine (C=N–C) groups is 1. The molecule has 0 radical (unpaired) electrons. The van der Waals surface area contributed by atoms with Crippen LogP contribution >= 0.6 is 0 Å². The maximum Gasteiger partial charge on any atom is 0.280 e. The minimum Gasteiger partial charge on any atom is -0.294 e. The lowest BCUT2D eigenvalue weighted by Crippen LogP contribution is -2.23. The van der Waals surface area contributed by atoms with Crippen LogP contribution in [-0.4, -0.2) is 27.3 Å². The van der Waals surface area contributed by atoms with Gasteiger partial charge in [-0.1, -0.05) is 32.8 Å². The molecule has 3 heterocycles. The van der Waals surface area contributed by atoms with Crippen LogP contribution in [0.1, 0.15) is 38.6 Å². The lowest BCUT2D eigenvalue weighted by molar-refractivity contribution is 0.357. The first-order chi connectivity index (χ1) is 11.9. The van der Waals surface area contributed by atoms with E-state index >= 15 is 0 Å². The van der Waals surface area contributed by atoms with Gasteiger partial charge in [0.25, 0.3) is 5.56 Å². The summed E-state index contributed by atoms with van der Waals surface area (Å²) in [6, 6.07) is 1.83. The van der Waals surface area contributed by atoms with E-state index < -0.39 is 0 Å². The molecule has 1 aliphatic rings. The standard InChI is InChI=1S/C20H22N4O/c1-5-6-7-15(21-4)9-8-14-10-16-18(22-12-14)19(25)24-13-20(2,3)11-17(24)23-16/h6-7,10,12H,5,11,13H2,1-4H3/b7-6-,21-15?. The molecule has 1 aliphatic heterocycles. The minimum atomic E-state index is -0.0632. The van der Waals surface area contributed by atoms with Crippen molar-refractivity contribution in [3.05, 3.63) is 46.2 Å². The highest BCUT2D eigenvalue weighted by atomic mass is 16.1. The Labute approximate surface area is 147 Å². The summed E-state index contributed by atoms with van der Waals surface area (Å²) in [5.41, 5.74) is 2.45. The summed E-state index contributed by atoms with van der Waals surface area (Å²) in [5, 5.41) is 0. The van der Waals surface area contributed by atoms with Gasteiger partial charge in [-0.3, -0.25) is 14.4 Å². The molecule has 0 aliphatic carbocycles. The van der Waals surface area contributed by atoms with Gasteiger partial charge in [0.2, 0.25) is 0 Å². The number of hydrogen-bond acceptors (Lipinski definition) is 4. The van der Waals surface area contributed by atoms with E-state index in [1.54, 1.807) is 17.8 Å². The van der Waals surface area contributed by atoms with E-state index in [-0.39, 0.29) is 11.0 Å². The van der Waals surface area contributed by atoms with Gasteiger partial charge in [0.05, 0.1) is 5.52 Å². The number of fused-ring (bicyclic) bond motifs is 2. The van der Waals surface area contributed by atoms with Crippen molar-refractivity contribution in [2.24, 2.45) is 10.4 Å². The Morgan fingerprint density at radius 2 is 2.28 bits per heavy atom. The first kappa shape index (κ1) is 17.1. The number of allylic oxidation sites excluding steroid dienone is 2. The summed E-state index contributed by atoms with van der Waals surface area (Å²) >= 11 is 0. The molecule has 0 fully saturated rings. The Hall–Kier alpha value is -2.74. The Balaban J connectivity index is 2.01. The Morgan fingerprint density at radius 1 is 1.48 bits per heavy atom. The highest BCUT2D eigenvalue weighted by Crippen LogP contribution is 2.29. The molecule has 0 atom stereocenters. The zero-order valence-electron chi connectivity index (χ0n) is 15.1. The van der Waals surface area contributed by atoms with Crippen LogP contribution in [0.4, 0.5) is 0 Å².